The zero-order valence-corrected chi connectivity index (χ0v) is 15.0. The molecule has 138 valence electrons. The van der Waals surface area contributed by atoms with Gasteiger partial charge in [-0.05, 0) is 43.7 Å². The predicted octanol–water partition coefficient (Wildman–Crippen LogP) is 2.31. The lowest BCUT2D eigenvalue weighted by Gasteiger charge is -2.38. The van der Waals surface area contributed by atoms with Gasteiger partial charge in [0.25, 0.3) is 5.91 Å². The summed E-state index contributed by atoms with van der Waals surface area (Å²) in [4.78, 5) is 27.9. The highest BCUT2D eigenvalue weighted by molar-refractivity contribution is 5.95. The number of carbonyl (C=O) groups excluding carboxylic acids is 2. The summed E-state index contributed by atoms with van der Waals surface area (Å²) in [6.07, 6.45) is 8.42. The minimum absolute atomic E-state index is 0.0531. The van der Waals surface area contributed by atoms with E-state index < -0.39 is 0 Å². The van der Waals surface area contributed by atoms with Crippen LogP contribution in [0, 0.1) is 5.92 Å². The van der Waals surface area contributed by atoms with Crippen molar-refractivity contribution in [2.75, 3.05) is 19.7 Å². The molecule has 2 amide bonds. The number of rotatable bonds is 0. The van der Waals surface area contributed by atoms with Gasteiger partial charge < -0.3 is 15.0 Å². The Morgan fingerprint density at radius 2 is 2.00 bits per heavy atom. The second-order valence-electron chi connectivity index (χ2n) is 7.41. The minimum Gasteiger partial charge on any atom is -0.373 e. The Kier molecular flexibility index (Phi) is 5.07. The summed E-state index contributed by atoms with van der Waals surface area (Å²) in [5.41, 5.74) is 1.72. The van der Waals surface area contributed by atoms with E-state index in [2.05, 4.69) is 5.32 Å². The number of ether oxygens (including phenoxy) is 1. The Morgan fingerprint density at radius 1 is 1.12 bits per heavy atom. The Hall–Kier alpha value is -2.14. The van der Waals surface area contributed by atoms with Crippen molar-refractivity contribution < 1.29 is 14.3 Å². The molecule has 3 heterocycles. The van der Waals surface area contributed by atoms with E-state index >= 15 is 0 Å². The van der Waals surface area contributed by atoms with Crippen LogP contribution in [0.2, 0.25) is 0 Å². The third kappa shape index (κ3) is 3.40. The maximum Gasteiger partial charge on any atom is 0.251 e. The van der Waals surface area contributed by atoms with Crippen LogP contribution >= 0.6 is 0 Å². The third-order valence-corrected chi connectivity index (χ3v) is 5.79. The molecule has 3 aliphatic rings. The average molecular weight is 354 g/mol. The van der Waals surface area contributed by atoms with Crippen molar-refractivity contribution in [3.8, 4) is 0 Å². The van der Waals surface area contributed by atoms with Crippen LogP contribution in [0.4, 0.5) is 0 Å². The number of amides is 2. The molecule has 3 atom stereocenters. The zero-order valence-electron chi connectivity index (χ0n) is 15.0. The Balaban J connectivity index is 1.66. The van der Waals surface area contributed by atoms with E-state index in [1.807, 2.05) is 41.3 Å². The van der Waals surface area contributed by atoms with Gasteiger partial charge in [0.2, 0.25) is 5.91 Å². The zero-order chi connectivity index (χ0) is 17.9. The monoisotopic (exact) mass is 354 g/mol. The standard InChI is InChI=1S/C21H26N2O3/c24-20-17-9-2-1-6-15(17)7-5-10-19-18(11-13-26-19)21(25)23-12-4-3-8-16(23)14-22-20/h1-2,5-6,9-10,16,18-19H,3-4,7-8,11-14H2,(H,22,24)/b10-5-/t16-,18+,19-/m0/s1. The van der Waals surface area contributed by atoms with Crippen molar-refractivity contribution in [1.82, 2.24) is 10.2 Å². The van der Waals surface area contributed by atoms with Gasteiger partial charge in [0.15, 0.2) is 0 Å². The van der Waals surface area contributed by atoms with Gasteiger partial charge in [-0.3, -0.25) is 9.59 Å². The second kappa shape index (κ2) is 7.62. The number of hydrogen-bond donors (Lipinski definition) is 1. The summed E-state index contributed by atoms with van der Waals surface area (Å²) in [6.45, 7) is 1.94. The average Bonchev–Trinajstić information content (AvgIpc) is 3.14. The summed E-state index contributed by atoms with van der Waals surface area (Å²) in [6, 6.07) is 7.80. The molecule has 0 bridgehead atoms. The molecule has 1 aromatic carbocycles. The van der Waals surface area contributed by atoms with E-state index in [0.717, 1.165) is 37.8 Å². The van der Waals surface area contributed by atoms with E-state index in [1.54, 1.807) is 0 Å². The van der Waals surface area contributed by atoms with Crippen LogP contribution in [0.5, 0.6) is 0 Å². The lowest BCUT2D eigenvalue weighted by Crippen LogP contribution is -2.52. The fraction of sp³-hybridized carbons (Fsp3) is 0.524. The van der Waals surface area contributed by atoms with Crippen LogP contribution in [-0.2, 0) is 16.0 Å². The Bertz CT molecular complexity index is 715. The van der Waals surface area contributed by atoms with Gasteiger partial charge in [0.1, 0.15) is 0 Å². The molecule has 26 heavy (non-hydrogen) atoms. The lowest BCUT2D eigenvalue weighted by molar-refractivity contribution is -0.140. The number of carbonyl (C=O) groups is 2. The van der Waals surface area contributed by atoms with Gasteiger partial charge in [0, 0.05) is 31.3 Å². The largest absolute Gasteiger partial charge is 0.373 e. The first kappa shape index (κ1) is 17.3. The molecule has 3 aliphatic heterocycles. The molecule has 0 spiro atoms. The molecule has 2 fully saturated rings. The lowest BCUT2D eigenvalue weighted by atomic mass is 9.94. The molecule has 5 nitrogen and oxygen atoms in total. The first-order valence-corrected chi connectivity index (χ1v) is 9.69. The van der Waals surface area contributed by atoms with E-state index in [9.17, 15) is 9.59 Å². The van der Waals surface area contributed by atoms with E-state index in [-0.39, 0.29) is 29.9 Å². The van der Waals surface area contributed by atoms with Crippen LogP contribution in [0.25, 0.3) is 0 Å². The van der Waals surface area contributed by atoms with Crippen LogP contribution < -0.4 is 5.32 Å². The molecule has 2 saturated heterocycles. The van der Waals surface area contributed by atoms with Crippen LogP contribution in [0.1, 0.15) is 41.6 Å². The highest BCUT2D eigenvalue weighted by Gasteiger charge is 2.38. The molecule has 0 unspecified atom stereocenters. The highest BCUT2D eigenvalue weighted by atomic mass is 16.5. The highest BCUT2D eigenvalue weighted by Crippen LogP contribution is 2.28. The first-order valence-electron chi connectivity index (χ1n) is 9.69. The van der Waals surface area contributed by atoms with E-state index in [4.69, 9.17) is 4.74 Å². The summed E-state index contributed by atoms with van der Waals surface area (Å²) in [5, 5.41) is 3.07. The maximum absolute atomic E-state index is 13.2. The van der Waals surface area contributed by atoms with E-state index in [1.165, 1.54) is 0 Å². The second-order valence-corrected chi connectivity index (χ2v) is 7.41. The molecular weight excluding hydrogens is 328 g/mol. The fourth-order valence-corrected chi connectivity index (χ4v) is 4.34. The summed E-state index contributed by atoms with van der Waals surface area (Å²) >= 11 is 0. The van der Waals surface area contributed by atoms with Crippen molar-refractivity contribution in [2.24, 2.45) is 5.92 Å². The molecule has 5 heteroatoms. The van der Waals surface area contributed by atoms with Crippen molar-refractivity contribution in [1.29, 1.82) is 0 Å². The number of benzene rings is 1. The van der Waals surface area contributed by atoms with Crippen molar-refractivity contribution in [3.05, 3.63) is 47.5 Å². The molecule has 0 aliphatic carbocycles. The molecule has 0 aromatic heterocycles. The summed E-state index contributed by atoms with van der Waals surface area (Å²) in [7, 11) is 0. The predicted molar refractivity (Wildman–Crippen MR) is 98.8 cm³/mol. The van der Waals surface area contributed by atoms with Gasteiger partial charge in [-0.15, -0.1) is 0 Å². The number of hydrogen-bond acceptors (Lipinski definition) is 3. The molecule has 1 N–H and O–H groups in total. The van der Waals surface area contributed by atoms with Gasteiger partial charge in [-0.1, -0.05) is 30.4 Å². The molecule has 4 rings (SSSR count). The fourth-order valence-electron chi connectivity index (χ4n) is 4.34. The maximum atomic E-state index is 13.2. The smallest absolute Gasteiger partial charge is 0.251 e. The molecule has 1 aromatic rings. The van der Waals surface area contributed by atoms with Crippen molar-refractivity contribution in [3.63, 3.8) is 0 Å². The molecular formula is C21H26N2O3. The minimum atomic E-state index is -0.151. The van der Waals surface area contributed by atoms with Gasteiger partial charge in [-0.25, -0.2) is 0 Å². The number of nitrogens with zero attached hydrogens (tertiary/aromatic N) is 1. The van der Waals surface area contributed by atoms with Crippen LogP contribution in [0.15, 0.2) is 36.4 Å². The number of piperidine rings is 1. The number of nitrogens with one attached hydrogen (secondary N) is 1. The topological polar surface area (TPSA) is 58.6 Å². The quantitative estimate of drug-likeness (QED) is 0.728. The normalized spacial score (nSPS) is 30.8. The van der Waals surface area contributed by atoms with Gasteiger partial charge in [0.05, 0.1) is 12.0 Å². The first-order chi connectivity index (χ1) is 12.7. The van der Waals surface area contributed by atoms with Crippen molar-refractivity contribution >= 4 is 11.8 Å². The Morgan fingerprint density at radius 3 is 2.92 bits per heavy atom. The number of allylic oxidation sites excluding steroid dienone is 1. The van der Waals surface area contributed by atoms with Crippen molar-refractivity contribution in [2.45, 2.75) is 44.2 Å². The molecule has 0 radical (unpaired) electrons. The van der Waals surface area contributed by atoms with Gasteiger partial charge >= 0.3 is 0 Å². The van der Waals surface area contributed by atoms with Crippen LogP contribution in [-0.4, -0.2) is 48.6 Å². The van der Waals surface area contributed by atoms with Crippen LogP contribution in [0.3, 0.4) is 0 Å². The summed E-state index contributed by atoms with van der Waals surface area (Å²) in [5.74, 6) is 0.0362. The van der Waals surface area contributed by atoms with E-state index in [0.29, 0.717) is 25.1 Å². The van der Waals surface area contributed by atoms with Gasteiger partial charge in [-0.2, -0.15) is 0 Å². The third-order valence-electron chi connectivity index (χ3n) is 5.79. The SMILES string of the molecule is O=C1NC[C@@H]2CCCCN2C(=O)[C@@H]2CCO[C@H]2/C=C\Cc2ccccc21. The molecule has 0 saturated carbocycles. The number of fused-ring (bicyclic) bond motifs is 3. The Labute approximate surface area is 154 Å². The summed E-state index contributed by atoms with van der Waals surface area (Å²) < 4.78 is 5.83.